The van der Waals surface area contributed by atoms with Gasteiger partial charge in [0.05, 0.1) is 34.6 Å². The van der Waals surface area contributed by atoms with E-state index >= 15 is 0 Å². The Balaban J connectivity index is 1.59. The summed E-state index contributed by atoms with van der Waals surface area (Å²) < 4.78 is 19.8. The number of allylic oxidation sites excluding steroid dienone is 1. The molecule has 1 N–H and O–H groups in total. The van der Waals surface area contributed by atoms with Crippen LogP contribution in [0.4, 0.5) is 4.39 Å². The lowest BCUT2D eigenvalue weighted by Crippen LogP contribution is -2.33. The molecule has 0 saturated carbocycles. The second kappa shape index (κ2) is 7.46. The van der Waals surface area contributed by atoms with Crippen molar-refractivity contribution in [1.82, 2.24) is 0 Å². The fourth-order valence-corrected chi connectivity index (χ4v) is 6.19. The van der Waals surface area contributed by atoms with Crippen molar-refractivity contribution in [2.45, 2.75) is 58.2 Å². The topological polar surface area (TPSA) is 46.5 Å². The molecule has 5 heteroatoms. The van der Waals surface area contributed by atoms with E-state index in [0.29, 0.717) is 12.0 Å². The Kier molecular flexibility index (Phi) is 4.98. The molecule has 1 aliphatic carbocycles. The lowest BCUT2D eigenvalue weighted by atomic mass is 9.72. The van der Waals surface area contributed by atoms with E-state index in [4.69, 9.17) is 16.3 Å². The predicted molar refractivity (Wildman–Crippen MR) is 119 cm³/mol. The highest BCUT2D eigenvalue weighted by Crippen LogP contribution is 2.58. The minimum atomic E-state index is -0.452. The van der Waals surface area contributed by atoms with Crippen LogP contribution in [0.1, 0.15) is 54.0 Å². The van der Waals surface area contributed by atoms with Crippen LogP contribution in [0.5, 0.6) is 0 Å². The van der Waals surface area contributed by atoms with Crippen LogP contribution in [0, 0.1) is 24.6 Å². The van der Waals surface area contributed by atoms with E-state index in [1.54, 1.807) is 12.1 Å². The number of Topliss-reactive ketones (excluding diaryl/α,β-unsaturated/α-hetero) is 1. The fourth-order valence-electron chi connectivity index (χ4n) is 6.00. The molecule has 31 heavy (non-hydrogen) atoms. The van der Waals surface area contributed by atoms with Crippen LogP contribution < -0.4 is 0 Å². The number of ether oxygens (including phenoxy) is 1. The van der Waals surface area contributed by atoms with Crippen LogP contribution in [0.2, 0.25) is 5.02 Å². The van der Waals surface area contributed by atoms with Crippen molar-refractivity contribution in [2.24, 2.45) is 11.8 Å². The average Bonchev–Trinajstić information content (AvgIpc) is 3.41. The number of carbonyl (C=O) groups excluding carboxylic acids is 1. The van der Waals surface area contributed by atoms with Crippen LogP contribution in [-0.4, -0.2) is 23.1 Å². The van der Waals surface area contributed by atoms with Gasteiger partial charge in [-0.2, -0.15) is 0 Å². The zero-order valence-corrected chi connectivity index (χ0v) is 18.7. The first-order chi connectivity index (χ1) is 14.8. The Hall–Kier alpha value is -2.17. The second-order valence-corrected chi connectivity index (χ2v) is 9.40. The minimum absolute atomic E-state index is 0.00107. The maximum atomic E-state index is 13.7. The maximum Gasteiger partial charge on any atom is 0.173 e. The first-order valence-electron chi connectivity index (χ1n) is 11.1. The standard InChI is InChI=1S/C26H26ClFO3/c1-4-13-8-12(3)9-14(5-2)20(13)22-24(29)21-19-11-16(26(31-19)23(21)25(22)30)15-6-7-18(28)17(27)10-15/h6-10,16,19,21,23,26,30H,4-5,11H2,1-3H3/t16-,19?,21-,23+,26+/m0/s1. The summed E-state index contributed by atoms with van der Waals surface area (Å²) in [5, 5.41) is 11.5. The van der Waals surface area contributed by atoms with Gasteiger partial charge in [0, 0.05) is 5.92 Å². The molecule has 2 bridgehead atoms. The number of hydrogen-bond donors (Lipinski definition) is 1. The Bertz CT molecular complexity index is 1100. The number of carbonyl (C=O) groups is 1. The highest BCUT2D eigenvalue weighted by molar-refractivity contribution is 6.30. The molecule has 162 valence electrons. The highest BCUT2D eigenvalue weighted by atomic mass is 35.5. The summed E-state index contributed by atoms with van der Waals surface area (Å²) in [7, 11) is 0. The Morgan fingerprint density at radius 1 is 1.13 bits per heavy atom. The third kappa shape index (κ3) is 2.99. The lowest BCUT2D eigenvalue weighted by Gasteiger charge is -2.27. The molecule has 2 heterocycles. The monoisotopic (exact) mass is 440 g/mol. The molecular formula is C26H26ClFO3. The van der Waals surface area contributed by atoms with Crippen molar-refractivity contribution in [3.63, 3.8) is 0 Å². The number of hydrogen-bond acceptors (Lipinski definition) is 3. The van der Waals surface area contributed by atoms with Crippen molar-refractivity contribution in [3.8, 4) is 0 Å². The Morgan fingerprint density at radius 3 is 2.42 bits per heavy atom. The summed E-state index contributed by atoms with van der Waals surface area (Å²) in [5.74, 6) is -1.01. The molecule has 2 saturated heterocycles. The summed E-state index contributed by atoms with van der Waals surface area (Å²) in [6, 6.07) is 8.97. The maximum absolute atomic E-state index is 13.7. The summed E-state index contributed by atoms with van der Waals surface area (Å²) >= 11 is 6.01. The van der Waals surface area contributed by atoms with Gasteiger partial charge >= 0.3 is 0 Å². The summed E-state index contributed by atoms with van der Waals surface area (Å²) in [5.41, 5.74) is 5.65. The molecule has 3 nitrogen and oxygen atoms in total. The molecular weight excluding hydrogens is 415 g/mol. The molecule has 5 rings (SSSR count). The van der Waals surface area contributed by atoms with Crippen molar-refractivity contribution in [1.29, 1.82) is 0 Å². The first-order valence-corrected chi connectivity index (χ1v) is 11.4. The van der Waals surface area contributed by atoms with Gasteiger partial charge in [0.2, 0.25) is 0 Å². The SMILES string of the molecule is CCc1cc(C)cc(CC)c1C1=C(O)[C@@H]2[C@@H]3OC(C[C@H]3c3ccc(F)c(Cl)c3)[C@@H]2C1=O. The van der Waals surface area contributed by atoms with E-state index in [1.807, 2.05) is 0 Å². The van der Waals surface area contributed by atoms with Crippen molar-refractivity contribution in [3.05, 3.63) is 74.7 Å². The van der Waals surface area contributed by atoms with Gasteiger partial charge in [-0.25, -0.2) is 4.39 Å². The molecule has 2 aromatic carbocycles. The third-order valence-electron chi connectivity index (χ3n) is 7.31. The van der Waals surface area contributed by atoms with Crippen LogP contribution in [0.15, 0.2) is 36.1 Å². The molecule has 1 unspecified atom stereocenters. The first kappa shape index (κ1) is 20.7. The van der Waals surface area contributed by atoms with Crippen LogP contribution in [0.3, 0.4) is 0 Å². The largest absolute Gasteiger partial charge is 0.511 e. The van der Waals surface area contributed by atoms with Gasteiger partial charge in [0.15, 0.2) is 5.78 Å². The zero-order chi connectivity index (χ0) is 22.0. The highest BCUT2D eigenvalue weighted by Gasteiger charge is 2.62. The number of fused-ring (bicyclic) bond motifs is 5. The van der Waals surface area contributed by atoms with Crippen LogP contribution in [0.25, 0.3) is 5.57 Å². The molecule has 0 radical (unpaired) electrons. The molecule has 2 fully saturated rings. The van der Waals surface area contributed by atoms with Crippen molar-refractivity contribution < 1.29 is 19.0 Å². The minimum Gasteiger partial charge on any atom is -0.511 e. The smallest absolute Gasteiger partial charge is 0.173 e. The Labute approximate surface area is 186 Å². The summed E-state index contributed by atoms with van der Waals surface area (Å²) in [6.07, 6.45) is 1.72. The molecule has 2 aliphatic heterocycles. The van der Waals surface area contributed by atoms with Gasteiger partial charge < -0.3 is 9.84 Å². The molecule has 0 aromatic heterocycles. The average molecular weight is 441 g/mol. The van der Waals surface area contributed by atoms with Crippen LogP contribution >= 0.6 is 11.6 Å². The quantitative estimate of drug-likeness (QED) is 0.638. The van der Waals surface area contributed by atoms with Crippen LogP contribution in [-0.2, 0) is 22.4 Å². The zero-order valence-electron chi connectivity index (χ0n) is 17.9. The van der Waals surface area contributed by atoms with E-state index in [1.165, 1.54) is 11.6 Å². The third-order valence-corrected chi connectivity index (χ3v) is 7.60. The van der Waals surface area contributed by atoms with E-state index in [2.05, 4.69) is 32.9 Å². The number of benzene rings is 2. The fraction of sp³-hybridized carbons (Fsp3) is 0.423. The van der Waals surface area contributed by atoms with Gasteiger partial charge in [-0.3, -0.25) is 4.79 Å². The van der Waals surface area contributed by atoms with Gasteiger partial charge in [-0.1, -0.05) is 49.2 Å². The number of aliphatic hydroxyl groups excluding tert-OH is 1. The van der Waals surface area contributed by atoms with E-state index in [0.717, 1.165) is 35.1 Å². The van der Waals surface area contributed by atoms with E-state index < -0.39 is 5.82 Å². The van der Waals surface area contributed by atoms with Crippen molar-refractivity contribution in [2.75, 3.05) is 0 Å². The number of aryl methyl sites for hydroxylation is 3. The van der Waals surface area contributed by atoms with Crippen molar-refractivity contribution >= 4 is 23.0 Å². The van der Waals surface area contributed by atoms with E-state index in [-0.39, 0.29) is 46.5 Å². The summed E-state index contributed by atoms with van der Waals surface area (Å²) in [6.45, 7) is 6.22. The Morgan fingerprint density at radius 2 is 1.81 bits per heavy atom. The molecule has 5 atom stereocenters. The second-order valence-electron chi connectivity index (χ2n) is 9.00. The van der Waals surface area contributed by atoms with E-state index in [9.17, 15) is 14.3 Å². The molecule has 2 aromatic rings. The summed E-state index contributed by atoms with van der Waals surface area (Å²) in [4.78, 5) is 13.6. The van der Waals surface area contributed by atoms with Gasteiger partial charge in [-0.15, -0.1) is 0 Å². The molecule has 3 aliphatic rings. The van der Waals surface area contributed by atoms with Gasteiger partial charge in [0.25, 0.3) is 0 Å². The van der Waals surface area contributed by atoms with Gasteiger partial charge in [0.1, 0.15) is 11.6 Å². The normalized spacial score (nSPS) is 29.2. The number of rotatable bonds is 4. The molecule has 0 amide bonds. The number of aliphatic hydroxyl groups is 1. The number of halogens is 2. The molecule has 0 spiro atoms. The number of ketones is 1. The lowest BCUT2D eigenvalue weighted by molar-refractivity contribution is -0.118. The van der Waals surface area contributed by atoms with Gasteiger partial charge in [-0.05, 0) is 60.6 Å². The predicted octanol–water partition coefficient (Wildman–Crippen LogP) is 5.95.